The van der Waals surface area contributed by atoms with E-state index in [-0.39, 0.29) is 0 Å². The fourth-order valence-electron chi connectivity index (χ4n) is 3.21. The smallest absolute Gasteiger partial charge is 0.0327 e. The molecule has 0 unspecified atom stereocenters. The molecule has 112 valence electrons. The normalized spacial score (nSPS) is 21.3. The zero-order chi connectivity index (χ0) is 13.8. The molecule has 0 aromatic carbocycles. The molecule has 1 aromatic rings. The third-order valence-corrected chi connectivity index (χ3v) is 5.78. The highest BCUT2D eigenvalue weighted by Gasteiger charge is 2.20. The van der Waals surface area contributed by atoms with Crippen LogP contribution in [0.15, 0.2) is 12.1 Å². The van der Waals surface area contributed by atoms with E-state index in [4.69, 9.17) is 0 Å². The van der Waals surface area contributed by atoms with Gasteiger partial charge in [-0.3, -0.25) is 4.90 Å². The Kier molecular flexibility index (Phi) is 5.14. The third kappa shape index (κ3) is 4.31. The minimum absolute atomic E-state index is 0.813. The number of nitrogens with zero attached hydrogens (tertiary/aromatic N) is 1. The van der Waals surface area contributed by atoms with Gasteiger partial charge >= 0.3 is 0 Å². The second-order valence-corrected chi connectivity index (χ2v) is 7.84. The van der Waals surface area contributed by atoms with E-state index in [0.717, 1.165) is 25.2 Å². The molecule has 0 spiro atoms. The van der Waals surface area contributed by atoms with Crippen LogP contribution in [0, 0.1) is 0 Å². The molecule has 2 aliphatic carbocycles. The zero-order valence-corrected chi connectivity index (χ0v) is 13.6. The minimum atomic E-state index is 0.813. The Labute approximate surface area is 127 Å². The molecule has 0 atom stereocenters. The summed E-state index contributed by atoms with van der Waals surface area (Å²) in [6.45, 7) is 2.21. The fraction of sp³-hybridized carbons (Fsp3) is 0.765. The monoisotopic (exact) mass is 292 g/mol. The lowest BCUT2D eigenvalue weighted by molar-refractivity contribution is 0.215. The summed E-state index contributed by atoms with van der Waals surface area (Å²) in [6.07, 6.45) is 11.3. The molecule has 20 heavy (non-hydrogen) atoms. The van der Waals surface area contributed by atoms with E-state index in [1.807, 2.05) is 11.3 Å². The molecule has 0 saturated heterocycles. The molecule has 0 aliphatic heterocycles. The summed E-state index contributed by atoms with van der Waals surface area (Å²) in [7, 11) is 2.32. The standard InChI is InChI=1S/C17H28N2S/c1-19(15-6-4-2-3-5-7-15)13-17-11-10-16(20-17)12-18-14-8-9-14/h10-11,14-15,18H,2-9,12-13H2,1H3. The van der Waals surface area contributed by atoms with Gasteiger partial charge in [-0.25, -0.2) is 0 Å². The maximum Gasteiger partial charge on any atom is 0.0327 e. The maximum atomic E-state index is 3.61. The van der Waals surface area contributed by atoms with Gasteiger partial charge in [0.25, 0.3) is 0 Å². The molecule has 3 rings (SSSR count). The SMILES string of the molecule is CN(Cc1ccc(CNC2CC2)s1)C1CCCCCC1. The number of hydrogen-bond acceptors (Lipinski definition) is 3. The van der Waals surface area contributed by atoms with Crippen molar-refractivity contribution in [3.05, 3.63) is 21.9 Å². The van der Waals surface area contributed by atoms with Gasteiger partial charge in [0.1, 0.15) is 0 Å². The largest absolute Gasteiger partial charge is 0.309 e. The maximum absolute atomic E-state index is 3.61. The third-order valence-electron chi connectivity index (χ3n) is 4.71. The zero-order valence-electron chi connectivity index (χ0n) is 12.7. The van der Waals surface area contributed by atoms with E-state index in [1.54, 1.807) is 0 Å². The van der Waals surface area contributed by atoms with Gasteiger partial charge in [0.05, 0.1) is 0 Å². The van der Waals surface area contributed by atoms with Crippen molar-refractivity contribution in [1.29, 1.82) is 0 Å². The lowest BCUT2D eigenvalue weighted by Crippen LogP contribution is -2.30. The Morgan fingerprint density at radius 2 is 1.75 bits per heavy atom. The Morgan fingerprint density at radius 1 is 1.05 bits per heavy atom. The molecule has 3 heteroatoms. The summed E-state index contributed by atoms with van der Waals surface area (Å²) in [6, 6.07) is 6.28. The van der Waals surface area contributed by atoms with Crippen LogP contribution in [0.5, 0.6) is 0 Å². The first-order valence-corrected chi connectivity index (χ1v) is 9.14. The van der Waals surface area contributed by atoms with Crippen molar-refractivity contribution in [3.8, 4) is 0 Å². The van der Waals surface area contributed by atoms with Crippen LogP contribution in [0.25, 0.3) is 0 Å². The van der Waals surface area contributed by atoms with E-state index in [0.29, 0.717) is 0 Å². The molecule has 0 amide bonds. The van der Waals surface area contributed by atoms with Crippen LogP contribution in [0.4, 0.5) is 0 Å². The molecule has 1 aromatic heterocycles. The van der Waals surface area contributed by atoms with E-state index >= 15 is 0 Å². The highest BCUT2D eigenvalue weighted by Crippen LogP contribution is 2.25. The molecule has 0 radical (unpaired) electrons. The second-order valence-electron chi connectivity index (χ2n) is 6.58. The second kappa shape index (κ2) is 7.06. The van der Waals surface area contributed by atoms with Gasteiger partial charge in [0, 0.05) is 34.9 Å². The van der Waals surface area contributed by atoms with Gasteiger partial charge < -0.3 is 5.32 Å². The first kappa shape index (κ1) is 14.6. The lowest BCUT2D eigenvalue weighted by Gasteiger charge is -2.26. The highest BCUT2D eigenvalue weighted by atomic mass is 32.1. The van der Waals surface area contributed by atoms with Crippen LogP contribution in [0.3, 0.4) is 0 Å². The van der Waals surface area contributed by atoms with E-state index in [9.17, 15) is 0 Å². The van der Waals surface area contributed by atoms with E-state index in [2.05, 4.69) is 29.4 Å². The number of hydrogen-bond donors (Lipinski definition) is 1. The van der Waals surface area contributed by atoms with Crippen molar-refractivity contribution in [2.24, 2.45) is 0 Å². The number of thiophene rings is 1. The summed E-state index contributed by atoms with van der Waals surface area (Å²) in [5, 5.41) is 3.61. The molecular formula is C17H28N2S. The van der Waals surface area contributed by atoms with Crippen molar-refractivity contribution < 1.29 is 0 Å². The summed E-state index contributed by atoms with van der Waals surface area (Å²) in [5.41, 5.74) is 0. The van der Waals surface area contributed by atoms with Crippen LogP contribution in [-0.2, 0) is 13.1 Å². The van der Waals surface area contributed by atoms with Crippen molar-refractivity contribution >= 4 is 11.3 Å². The molecule has 2 fully saturated rings. The topological polar surface area (TPSA) is 15.3 Å². The predicted molar refractivity (Wildman–Crippen MR) is 87.1 cm³/mol. The number of nitrogens with one attached hydrogen (secondary N) is 1. The molecule has 1 N–H and O–H groups in total. The van der Waals surface area contributed by atoms with Crippen LogP contribution in [0.2, 0.25) is 0 Å². The van der Waals surface area contributed by atoms with Gasteiger partial charge in [-0.2, -0.15) is 0 Å². The number of rotatable bonds is 6. The average molecular weight is 292 g/mol. The first-order chi connectivity index (χ1) is 9.81. The van der Waals surface area contributed by atoms with E-state index < -0.39 is 0 Å². The van der Waals surface area contributed by atoms with E-state index in [1.165, 1.54) is 61.1 Å². The lowest BCUT2D eigenvalue weighted by atomic mass is 10.1. The minimum Gasteiger partial charge on any atom is -0.309 e. The van der Waals surface area contributed by atoms with Crippen LogP contribution in [-0.4, -0.2) is 24.0 Å². The summed E-state index contributed by atoms with van der Waals surface area (Å²) >= 11 is 2.00. The van der Waals surface area contributed by atoms with Crippen LogP contribution < -0.4 is 5.32 Å². The highest BCUT2D eigenvalue weighted by molar-refractivity contribution is 7.11. The van der Waals surface area contributed by atoms with Gasteiger partial charge in [0.2, 0.25) is 0 Å². The Morgan fingerprint density at radius 3 is 2.45 bits per heavy atom. The van der Waals surface area contributed by atoms with Gasteiger partial charge in [0.15, 0.2) is 0 Å². The first-order valence-electron chi connectivity index (χ1n) is 8.32. The summed E-state index contributed by atoms with van der Waals surface area (Å²) in [5.74, 6) is 0. The van der Waals surface area contributed by atoms with Gasteiger partial charge in [-0.15, -0.1) is 11.3 Å². The van der Waals surface area contributed by atoms with Gasteiger partial charge in [-0.1, -0.05) is 25.7 Å². The van der Waals surface area contributed by atoms with Crippen molar-refractivity contribution in [1.82, 2.24) is 10.2 Å². The summed E-state index contributed by atoms with van der Waals surface area (Å²) < 4.78 is 0. The van der Waals surface area contributed by atoms with Crippen LogP contribution >= 0.6 is 11.3 Å². The van der Waals surface area contributed by atoms with Gasteiger partial charge in [-0.05, 0) is 44.9 Å². The van der Waals surface area contributed by atoms with Crippen LogP contribution in [0.1, 0.15) is 61.1 Å². The predicted octanol–water partition coefficient (Wildman–Crippen LogP) is 4.15. The molecule has 2 aliphatic rings. The van der Waals surface area contributed by atoms with Crippen molar-refractivity contribution in [3.63, 3.8) is 0 Å². The Bertz CT molecular complexity index is 403. The fourth-order valence-corrected chi connectivity index (χ4v) is 4.24. The molecule has 2 nitrogen and oxygen atoms in total. The Hall–Kier alpha value is -0.380. The van der Waals surface area contributed by atoms with Crippen molar-refractivity contribution in [2.75, 3.05) is 7.05 Å². The summed E-state index contributed by atoms with van der Waals surface area (Å²) in [4.78, 5) is 5.63. The average Bonchev–Trinajstić information content (AvgIpc) is 3.22. The molecule has 2 saturated carbocycles. The Balaban J connectivity index is 1.48. The molecule has 0 bridgehead atoms. The molecular weight excluding hydrogens is 264 g/mol. The molecule has 1 heterocycles. The quantitative estimate of drug-likeness (QED) is 0.792. The van der Waals surface area contributed by atoms with Crippen molar-refractivity contribution in [2.45, 2.75) is 76.5 Å².